The van der Waals surface area contributed by atoms with E-state index in [9.17, 15) is 4.79 Å². The molecule has 0 bridgehead atoms. The summed E-state index contributed by atoms with van der Waals surface area (Å²) in [5.41, 5.74) is 2.20. The Kier molecular flexibility index (Phi) is 6.91. The van der Waals surface area contributed by atoms with Gasteiger partial charge in [-0.2, -0.15) is 0 Å². The Hall–Kier alpha value is -1.75. The molecule has 1 heterocycles. The lowest BCUT2D eigenvalue weighted by Gasteiger charge is -2.34. The third kappa shape index (κ3) is 5.41. The van der Waals surface area contributed by atoms with E-state index in [1.165, 1.54) is 25.1 Å². The monoisotopic (exact) mass is 333 g/mol. The summed E-state index contributed by atoms with van der Waals surface area (Å²) < 4.78 is 5.02. The van der Waals surface area contributed by atoms with Crippen LogP contribution in [0.1, 0.15) is 26.7 Å². The highest BCUT2D eigenvalue weighted by Gasteiger charge is 2.20. The van der Waals surface area contributed by atoms with Crippen LogP contribution in [0.2, 0.25) is 0 Å². The molecule has 5 heteroatoms. The Morgan fingerprint density at radius 1 is 1.29 bits per heavy atom. The van der Waals surface area contributed by atoms with Crippen LogP contribution in [0.5, 0.6) is 0 Å². The van der Waals surface area contributed by atoms with Crippen LogP contribution in [-0.2, 0) is 9.53 Å². The van der Waals surface area contributed by atoms with Crippen molar-refractivity contribution in [1.82, 2.24) is 4.90 Å². The molecule has 1 fully saturated rings. The predicted octanol–water partition coefficient (Wildman–Crippen LogP) is 2.83. The Balaban J connectivity index is 1.85. The molecule has 0 radical (unpaired) electrons. The van der Waals surface area contributed by atoms with Crippen molar-refractivity contribution in [2.24, 2.45) is 5.92 Å². The third-order valence-electron chi connectivity index (χ3n) is 4.49. The van der Waals surface area contributed by atoms with E-state index < -0.39 is 0 Å². The van der Waals surface area contributed by atoms with E-state index in [0.717, 1.165) is 24.7 Å². The standard InChI is InChI=1S/C19H31N3O2/c1-5-24-19(23)15(2)20-17-6-8-18(9-7-17)22-12-10-16(11-13-22)14-21(3)4/h6-9,15-16,20H,5,10-14H2,1-4H3/t15-/m1/s1. The highest BCUT2D eigenvalue weighted by molar-refractivity contribution is 5.78. The number of hydrogen-bond donors (Lipinski definition) is 1. The van der Waals surface area contributed by atoms with Gasteiger partial charge in [-0.05, 0) is 71.0 Å². The van der Waals surface area contributed by atoms with Crippen LogP contribution in [0.3, 0.4) is 0 Å². The van der Waals surface area contributed by atoms with Crippen molar-refractivity contribution >= 4 is 17.3 Å². The Bertz CT molecular complexity index is 508. The van der Waals surface area contributed by atoms with E-state index >= 15 is 0 Å². The molecule has 0 unspecified atom stereocenters. The summed E-state index contributed by atoms with van der Waals surface area (Å²) in [7, 11) is 4.30. The molecule has 0 aromatic heterocycles. The molecule has 1 aromatic carbocycles. The highest BCUT2D eigenvalue weighted by Crippen LogP contribution is 2.25. The number of carbonyl (C=O) groups excluding carboxylic acids is 1. The molecular formula is C19H31N3O2. The number of nitrogens with one attached hydrogen (secondary N) is 1. The highest BCUT2D eigenvalue weighted by atomic mass is 16.5. The van der Waals surface area contributed by atoms with Gasteiger partial charge in [0.05, 0.1) is 6.61 Å². The first kappa shape index (κ1) is 18.6. The maximum Gasteiger partial charge on any atom is 0.328 e. The Morgan fingerprint density at radius 3 is 2.46 bits per heavy atom. The lowest BCUT2D eigenvalue weighted by molar-refractivity contribution is -0.143. The largest absolute Gasteiger partial charge is 0.464 e. The zero-order valence-electron chi connectivity index (χ0n) is 15.4. The lowest BCUT2D eigenvalue weighted by Crippen LogP contribution is -2.37. The number of esters is 1. The van der Waals surface area contributed by atoms with E-state index in [1.807, 2.05) is 26.0 Å². The average molecular weight is 333 g/mol. The van der Waals surface area contributed by atoms with Crippen molar-refractivity contribution in [1.29, 1.82) is 0 Å². The number of rotatable bonds is 7. The van der Waals surface area contributed by atoms with Gasteiger partial charge in [-0.3, -0.25) is 0 Å². The number of ether oxygens (including phenoxy) is 1. The first-order valence-electron chi connectivity index (χ1n) is 8.92. The van der Waals surface area contributed by atoms with Gasteiger partial charge in [0.25, 0.3) is 0 Å². The van der Waals surface area contributed by atoms with Gasteiger partial charge in [0.15, 0.2) is 0 Å². The van der Waals surface area contributed by atoms with Gasteiger partial charge in [0.1, 0.15) is 6.04 Å². The molecular weight excluding hydrogens is 302 g/mol. The molecule has 134 valence electrons. The zero-order chi connectivity index (χ0) is 17.5. The number of piperidine rings is 1. The molecule has 0 aliphatic carbocycles. The Morgan fingerprint density at radius 2 is 1.92 bits per heavy atom. The van der Waals surface area contributed by atoms with Crippen LogP contribution < -0.4 is 10.2 Å². The average Bonchev–Trinajstić information content (AvgIpc) is 2.56. The third-order valence-corrected chi connectivity index (χ3v) is 4.49. The van der Waals surface area contributed by atoms with E-state index in [4.69, 9.17) is 4.74 Å². The summed E-state index contributed by atoms with van der Waals surface area (Å²) in [5.74, 6) is 0.590. The predicted molar refractivity (Wildman–Crippen MR) is 99.7 cm³/mol. The van der Waals surface area contributed by atoms with E-state index in [2.05, 4.69) is 41.3 Å². The van der Waals surface area contributed by atoms with Crippen molar-refractivity contribution in [2.45, 2.75) is 32.7 Å². The van der Waals surface area contributed by atoms with Crippen LogP contribution in [0.15, 0.2) is 24.3 Å². The lowest BCUT2D eigenvalue weighted by atomic mass is 9.96. The fourth-order valence-corrected chi connectivity index (χ4v) is 3.23. The summed E-state index contributed by atoms with van der Waals surface area (Å²) in [6.07, 6.45) is 2.50. The van der Waals surface area contributed by atoms with Crippen molar-refractivity contribution in [3.05, 3.63) is 24.3 Å². The minimum Gasteiger partial charge on any atom is -0.464 e. The zero-order valence-corrected chi connectivity index (χ0v) is 15.4. The van der Waals surface area contributed by atoms with Crippen LogP contribution in [0.4, 0.5) is 11.4 Å². The number of benzene rings is 1. The van der Waals surface area contributed by atoms with Gasteiger partial charge in [-0.25, -0.2) is 4.79 Å². The molecule has 1 aliphatic rings. The molecule has 1 saturated heterocycles. The quantitative estimate of drug-likeness (QED) is 0.778. The Labute approximate surface area is 146 Å². The molecule has 0 saturated carbocycles. The first-order valence-corrected chi connectivity index (χ1v) is 8.92. The maximum absolute atomic E-state index is 11.7. The number of carbonyl (C=O) groups is 1. The normalized spacial score (nSPS) is 17.0. The van der Waals surface area contributed by atoms with Gasteiger partial charge in [0, 0.05) is 31.0 Å². The summed E-state index contributed by atoms with van der Waals surface area (Å²) in [5, 5.41) is 3.19. The second-order valence-electron chi connectivity index (χ2n) is 6.86. The minimum atomic E-state index is -0.336. The fraction of sp³-hybridized carbons (Fsp3) is 0.632. The topological polar surface area (TPSA) is 44.8 Å². The molecule has 24 heavy (non-hydrogen) atoms. The van der Waals surface area contributed by atoms with Crippen molar-refractivity contribution in [3.63, 3.8) is 0 Å². The second-order valence-corrected chi connectivity index (χ2v) is 6.86. The van der Waals surface area contributed by atoms with Gasteiger partial charge in [0.2, 0.25) is 0 Å². The molecule has 0 amide bonds. The van der Waals surface area contributed by atoms with E-state index in [0.29, 0.717) is 6.61 Å². The summed E-state index contributed by atoms with van der Waals surface area (Å²) in [4.78, 5) is 16.4. The molecule has 1 aromatic rings. The molecule has 0 spiro atoms. The van der Waals surface area contributed by atoms with Crippen LogP contribution >= 0.6 is 0 Å². The number of anilines is 2. The summed E-state index contributed by atoms with van der Waals surface area (Å²) in [6, 6.07) is 8.00. The first-order chi connectivity index (χ1) is 11.5. The second kappa shape index (κ2) is 8.92. The molecule has 1 N–H and O–H groups in total. The van der Waals surface area contributed by atoms with Crippen molar-refractivity contribution in [3.8, 4) is 0 Å². The van der Waals surface area contributed by atoms with Crippen LogP contribution in [0.25, 0.3) is 0 Å². The maximum atomic E-state index is 11.7. The molecule has 1 aliphatic heterocycles. The number of hydrogen-bond acceptors (Lipinski definition) is 5. The van der Waals surface area contributed by atoms with E-state index in [-0.39, 0.29) is 12.0 Å². The molecule has 1 atom stereocenters. The summed E-state index contributed by atoms with van der Waals surface area (Å²) >= 11 is 0. The minimum absolute atomic E-state index is 0.218. The van der Waals surface area contributed by atoms with Gasteiger partial charge >= 0.3 is 5.97 Å². The molecule has 5 nitrogen and oxygen atoms in total. The van der Waals surface area contributed by atoms with Crippen LogP contribution in [0, 0.1) is 5.92 Å². The van der Waals surface area contributed by atoms with Crippen LogP contribution in [-0.4, -0.2) is 57.2 Å². The molecule has 2 rings (SSSR count). The number of nitrogens with zero attached hydrogens (tertiary/aromatic N) is 2. The smallest absolute Gasteiger partial charge is 0.328 e. The van der Waals surface area contributed by atoms with Crippen molar-refractivity contribution < 1.29 is 9.53 Å². The van der Waals surface area contributed by atoms with Gasteiger partial charge in [-0.1, -0.05) is 0 Å². The fourth-order valence-electron chi connectivity index (χ4n) is 3.23. The van der Waals surface area contributed by atoms with Gasteiger partial charge in [-0.15, -0.1) is 0 Å². The van der Waals surface area contributed by atoms with E-state index in [1.54, 1.807) is 0 Å². The van der Waals surface area contributed by atoms with Gasteiger partial charge < -0.3 is 19.9 Å². The van der Waals surface area contributed by atoms with Crippen molar-refractivity contribution in [2.75, 3.05) is 50.6 Å². The SMILES string of the molecule is CCOC(=O)[C@@H](C)Nc1ccc(N2CCC(CN(C)C)CC2)cc1. The summed E-state index contributed by atoms with van der Waals surface area (Å²) in [6.45, 7) is 7.47.